The number of carbonyl (C=O) groups excluding carboxylic acids is 2. The molecule has 5 nitrogen and oxygen atoms in total. The van der Waals surface area contributed by atoms with Crippen molar-refractivity contribution in [3.8, 4) is 5.75 Å². The Morgan fingerprint density at radius 1 is 1.24 bits per heavy atom. The maximum Gasteiger partial charge on any atom is 0.233 e. The first-order valence-corrected chi connectivity index (χ1v) is 7.96. The molecule has 2 N–H and O–H groups in total. The number of fused-ring (bicyclic) bond motifs is 1. The molecule has 0 spiro atoms. The topological polar surface area (TPSA) is 67.4 Å². The van der Waals surface area contributed by atoms with Crippen molar-refractivity contribution in [1.29, 1.82) is 0 Å². The maximum absolute atomic E-state index is 12.9. The Morgan fingerprint density at radius 3 is 2.68 bits per heavy atom. The lowest BCUT2D eigenvalue weighted by atomic mass is 9.94. The minimum absolute atomic E-state index is 0.132. The normalized spacial score (nSPS) is 15.4. The zero-order chi connectivity index (χ0) is 18.0. The third-order valence-electron chi connectivity index (χ3n) is 3.99. The van der Waals surface area contributed by atoms with Gasteiger partial charge in [-0.25, -0.2) is 4.39 Å². The SMILES string of the molecule is CC1(C)COc2ccc(NC(=O)Cc3ccc(F)cc3)cc2NC1=O. The molecule has 0 saturated heterocycles. The fraction of sp³-hybridized carbons (Fsp3) is 0.263. The number of amides is 2. The van der Waals surface area contributed by atoms with Gasteiger partial charge in [0.1, 0.15) is 18.2 Å². The predicted octanol–water partition coefficient (Wildman–Crippen LogP) is 3.36. The molecule has 2 aromatic carbocycles. The van der Waals surface area contributed by atoms with Crippen LogP contribution in [0.4, 0.5) is 15.8 Å². The van der Waals surface area contributed by atoms with E-state index in [4.69, 9.17) is 4.74 Å². The molecule has 3 rings (SSSR count). The van der Waals surface area contributed by atoms with Gasteiger partial charge in [0, 0.05) is 5.69 Å². The third-order valence-corrected chi connectivity index (χ3v) is 3.99. The molecule has 0 bridgehead atoms. The molecule has 1 aliphatic rings. The van der Waals surface area contributed by atoms with Crippen molar-refractivity contribution in [2.75, 3.05) is 17.2 Å². The Balaban J connectivity index is 1.71. The van der Waals surface area contributed by atoms with Crippen LogP contribution in [0, 0.1) is 11.2 Å². The lowest BCUT2D eigenvalue weighted by molar-refractivity contribution is -0.125. The second-order valence-electron chi connectivity index (χ2n) is 6.69. The summed E-state index contributed by atoms with van der Waals surface area (Å²) in [6.45, 7) is 3.89. The van der Waals surface area contributed by atoms with Crippen LogP contribution in [0.25, 0.3) is 0 Å². The summed E-state index contributed by atoms with van der Waals surface area (Å²) >= 11 is 0. The van der Waals surface area contributed by atoms with Crippen molar-refractivity contribution >= 4 is 23.2 Å². The molecular formula is C19H19FN2O3. The molecule has 0 atom stereocenters. The number of halogens is 1. The molecular weight excluding hydrogens is 323 g/mol. The molecule has 0 fully saturated rings. The molecule has 130 valence electrons. The summed E-state index contributed by atoms with van der Waals surface area (Å²) in [7, 11) is 0. The van der Waals surface area contributed by atoms with Crippen molar-refractivity contribution in [3.63, 3.8) is 0 Å². The molecule has 0 radical (unpaired) electrons. The number of rotatable bonds is 3. The molecule has 6 heteroatoms. The first kappa shape index (κ1) is 17.0. The van der Waals surface area contributed by atoms with Gasteiger partial charge in [-0.05, 0) is 49.7 Å². The van der Waals surface area contributed by atoms with E-state index in [0.29, 0.717) is 22.7 Å². The molecule has 2 amide bonds. The van der Waals surface area contributed by atoms with Crippen molar-refractivity contribution in [3.05, 3.63) is 53.8 Å². The molecule has 0 aliphatic carbocycles. The Kier molecular flexibility index (Phi) is 4.44. The summed E-state index contributed by atoms with van der Waals surface area (Å²) < 4.78 is 18.6. The second kappa shape index (κ2) is 6.55. The number of hydrogen-bond acceptors (Lipinski definition) is 3. The Bertz CT molecular complexity index is 816. The number of hydrogen-bond donors (Lipinski definition) is 2. The molecule has 25 heavy (non-hydrogen) atoms. The van der Waals surface area contributed by atoms with Crippen LogP contribution in [0.5, 0.6) is 5.75 Å². The van der Waals surface area contributed by atoms with Gasteiger partial charge in [-0.3, -0.25) is 9.59 Å². The Labute approximate surface area is 145 Å². The number of carbonyl (C=O) groups is 2. The van der Waals surface area contributed by atoms with E-state index in [0.717, 1.165) is 0 Å². The monoisotopic (exact) mass is 342 g/mol. The van der Waals surface area contributed by atoms with Crippen LogP contribution in [0.2, 0.25) is 0 Å². The molecule has 0 saturated carbocycles. The second-order valence-corrected chi connectivity index (χ2v) is 6.69. The van der Waals surface area contributed by atoms with Crippen LogP contribution in [-0.2, 0) is 16.0 Å². The van der Waals surface area contributed by atoms with Gasteiger partial charge in [0.15, 0.2) is 0 Å². The van der Waals surface area contributed by atoms with Gasteiger partial charge in [0.25, 0.3) is 0 Å². The smallest absolute Gasteiger partial charge is 0.233 e. The standard InChI is InChI=1S/C19H19FN2O3/c1-19(2)11-25-16-8-7-14(10-15(16)22-18(19)24)21-17(23)9-12-3-5-13(20)6-4-12/h3-8,10H,9,11H2,1-2H3,(H,21,23)(H,22,24). The number of anilines is 2. The van der Waals surface area contributed by atoms with Crippen molar-refractivity contribution in [2.24, 2.45) is 5.41 Å². The lowest BCUT2D eigenvalue weighted by Gasteiger charge is -2.18. The zero-order valence-electron chi connectivity index (χ0n) is 14.1. The first-order valence-electron chi connectivity index (χ1n) is 7.96. The van der Waals surface area contributed by atoms with E-state index in [9.17, 15) is 14.0 Å². The van der Waals surface area contributed by atoms with Crippen LogP contribution >= 0.6 is 0 Å². The molecule has 2 aromatic rings. The van der Waals surface area contributed by atoms with E-state index in [1.165, 1.54) is 12.1 Å². The van der Waals surface area contributed by atoms with Crippen molar-refractivity contribution in [2.45, 2.75) is 20.3 Å². The molecule has 0 unspecified atom stereocenters. The highest BCUT2D eigenvalue weighted by Crippen LogP contribution is 2.34. The lowest BCUT2D eigenvalue weighted by Crippen LogP contribution is -2.33. The quantitative estimate of drug-likeness (QED) is 0.899. The highest BCUT2D eigenvalue weighted by molar-refractivity contribution is 5.98. The average Bonchev–Trinajstić information content (AvgIpc) is 2.66. The average molecular weight is 342 g/mol. The maximum atomic E-state index is 12.9. The number of ether oxygens (including phenoxy) is 1. The van der Waals surface area contributed by atoms with Crippen LogP contribution in [0.3, 0.4) is 0 Å². The summed E-state index contributed by atoms with van der Waals surface area (Å²) in [5, 5.41) is 5.60. The van der Waals surface area contributed by atoms with Gasteiger partial charge in [-0.2, -0.15) is 0 Å². The third kappa shape index (κ3) is 3.96. The van der Waals surface area contributed by atoms with Gasteiger partial charge in [0.05, 0.1) is 17.5 Å². The van der Waals surface area contributed by atoms with Gasteiger partial charge in [-0.1, -0.05) is 12.1 Å². The minimum Gasteiger partial charge on any atom is -0.490 e. The summed E-state index contributed by atoms with van der Waals surface area (Å²) in [5.41, 5.74) is 1.15. The fourth-order valence-corrected chi connectivity index (χ4v) is 2.44. The largest absolute Gasteiger partial charge is 0.490 e. The summed E-state index contributed by atoms with van der Waals surface area (Å²) in [6, 6.07) is 10.9. The molecule has 0 aromatic heterocycles. The fourth-order valence-electron chi connectivity index (χ4n) is 2.44. The van der Waals surface area contributed by atoms with E-state index in [-0.39, 0.29) is 30.7 Å². The summed E-state index contributed by atoms with van der Waals surface area (Å²) in [4.78, 5) is 24.3. The van der Waals surface area contributed by atoms with E-state index < -0.39 is 5.41 Å². The van der Waals surface area contributed by atoms with Gasteiger partial charge < -0.3 is 15.4 Å². The highest BCUT2D eigenvalue weighted by atomic mass is 19.1. The van der Waals surface area contributed by atoms with Gasteiger partial charge in [-0.15, -0.1) is 0 Å². The van der Waals surface area contributed by atoms with E-state index >= 15 is 0 Å². The minimum atomic E-state index is -0.634. The molecule has 1 heterocycles. The van der Waals surface area contributed by atoms with E-state index in [1.807, 2.05) is 0 Å². The first-order chi connectivity index (χ1) is 11.8. The summed E-state index contributed by atoms with van der Waals surface area (Å²) in [6.07, 6.45) is 0.132. The summed E-state index contributed by atoms with van der Waals surface area (Å²) in [5.74, 6) is -0.141. The van der Waals surface area contributed by atoms with Crippen molar-refractivity contribution < 1.29 is 18.7 Å². The Morgan fingerprint density at radius 2 is 1.96 bits per heavy atom. The van der Waals surface area contributed by atoms with Crippen LogP contribution in [0.1, 0.15) is 19.4 Å². The highest BCUT2D eigenvalue weighted by Gasteiger charge is 2.32. The zero-order valence-corrected chi connectivity index (χ0v) is 14.1. The predicted molar refractivity (Wildman–Crippen MR) is 93.1 cm³/mol. The van der Waals surface area contributed by atoms with E-state index in [1.54, 1.807) is 44.2 Å². The van der Waals surface area contributed by atoms with Gasteiger partial charge in [0.2, 0.25) is 11.8 Å². The van der Waals surface area contributed by atoms with Crippen LogP contribution in [-0.4, -0.2) is 18.4 Å². The van der Waals surface area contributed by atoms with Crippen LogP contribution < -0.4 is 15.4 Å². The van der Waals surface area contributed by atoms with E-state index in [2.05, 4.69) is 10.6 Å². The molecule has 1 aliphatic heterocycles. The van der Waals surface area contributed by atoms with Gasteiger partial charge >= 0.3 is 0 Å². The number of benzene rings is 2. The Hall–Kier alpha value is -2.89. The number of nitrogens with one attached hydrogen (secondary N) is 2. The van der Waals surface area contributed by atoms with Crippen molar-refractivity contribution in [1.82, 2.24) is 0 Å². The van der Waals surface area contributed by atoms with Crippen LogP contribution in [0.15, 0.2) is 42.5 Å².